The van der Waals surface area contributed by atoms with Gasteiger partial charge in [-0.05, 0) is 54.6 Å². The number of carbonyl (C=O) groups excluding carboxylic acids is 2. The molecule has 0 aliphatic carbocycles. The van der Waals surface area contributed by atoms with E-state index in [1.54, 1.807) is 58.5 Å². The lowest BCUT2D eigenvalue weighted by Crippen LogP contribution is -2.48. The van der Waals surface area contributed by atoms with Crippen molar-refractivity contribution in [2.24, 2.45) is 5.84 Å². The van der Waals surface area contributed by atoms with Crippen LogP contribution < -0.4 is 15.6 Å². The van der Waals surface area contributed by atoms with Crippen LogP contribution >= 0.6 is 0 Å². The number of sulfonamides is 1. The van der Waals surface area contributed by atoms with E-state index in [-0.39, 0.29) is 10.8 Å². The van der Waals surface area contributed by atoms with Crippen LogP contribution in [0, 0.1) is 0 Å². The molecule has 13 heteroatoms. The number of anilines is 3. The van der Waals surface area contributed by atoms with Crippen LogP contribution in [-0.4, -0.2) is 71.7 Å². The van der Waals surface area contributed by atoms with Crippen molar-refractivity contribution in [1.82, 2.24) is 24.8 Å². The summed E-state index contributed by atoms with van der Waals surface area (Å²) in [5.41, 5.74) is 2.81. The van der Waals surface area contributed by atoms with Gasteiger partial charge in [-0.2, -0.15) is 8.42 Å². The predicted octanol–water partition coefficient (Wildman–Crippen LogP) is 2.27. The van der Waals surface area contributed by atoms with Gasteiger partial charge in [-0.15, -0.1) is 0 Å². The molecule has 3 N–H and O–H groups in total. The maximum atomic E-state index is 12.9. The molecule has 4 aromatic rings. The van der Waals surface area contributed by atoms with Crippen LogP contribution in [0.2, 0.25) is 0 Å². The van der Waals surface area contributed by atoms with Crippen molar-refractivity contribution in [3.8, 4) is 11.3 Å². The molecule has 3 heterocycles. The van der Waals surface area contributed by atoms with Crippen molar-refractivity contribution < 1.29 is 18.0 Å². The molecular weight excluding hydrogens is 532 g/mol. The second kappa shape index (κ2) is 11.5. The zero-order valence-electron chi connectivity index (χ0n) is 21.3. The molecule has 5 rings (SSSR count). The minimum Gasteiger partial charge on any atom is -0.342 e. The van der Waals surface area contributed by atoms with Gasteiger partial charge in [0, 0.05) is 61.6 Å². The van der Waals surface area contributed by atoms with E-state index in [1.807, 2.05) is 0 Å². The fourth-order valence-electron chi connectivity index (χ4n) is 4.16. The lowest BCUT2D eigenvalue weighted by atomic mass is 10.1. The number of hydrogen-bond donors (Lipinski definition) is 2. The Hall–Kier alpha value is -4.88. The van der Waals surface area contributed by atoms with Gasteiger partial charge in [-0.3, -0.25) is 14.6 Å². The summed E-state index contributed by atoms with van der Waals surface area (Å²) < 4.78 is 26.6. The number of nitrogens with zero attached hydrogens (tertiary/aromatic N) is 6. The van der Waals surface area contributed by atoms with E-state index in [2.05, 4.69) is 20.3 Å². The fourth-order valence-corrected chi connectivity index (χ4v) is 5.27. The summed E-state index contributed by atoms with van der Waals surface area (Å²) in [6.45, 7) is 2.05. The number of rotatable bonds is 8. The van der Waals surface area contributed by atoms with Crippen LogP contribution in [0.5, 0.6) is 0 Å². The fraction of sp³-hybridized carbons (Fsp3) is 0.148. The highest BCUT2D eigenvalue weighted by Gasteiger charge is 2.23. The van der Waals surface area contributed by atoms with Crippen LogP contribution in [-0.2, 0) is 14.8 Å². The van der Waals surface area contributed by atoms with Crippen molar-refractivity contribution in [1.29, 1.82) is 0 Å². The smallest absolute Gasteiger partial charge is 0.277 e. The molecule has 12 nitrogen and oxygen atoms in total. The Kier molecular flexibility index (Phi) is 7.66. The van der Waals surface area contributed by atoms with Gasteiger partial charge in [-0.25, -0.2) is 20.2 Å². The highest BCUT2D eigenvalue weighted by atomic mass is 32.2. The second-order valence-corrected chi connectivity index (χ2v) is 10.7. The number of nitrogens with one attached hydrogen (secondary N) is 1. The third kappa shape index (κ3) is 5.75. The van der Waals surface area contributed by atoms with E-state index in [9.17, 15) is 18.0 Å². The SMILES string of the molecule is NN(c1ccncc1)S(=O)(=O)c1ccc(-c2ccnc(Nc3ccc(C(=O)N4CCN(C=O)CC4)cc3)n2)cc1. The first-order chi connectivity index (χ1) is 19.3. The molecular formula is C27H26N8O4S. The first kappa shape index (κ1) is 26.7. The van der Waals surface area contributed by atoms with E-state index < -0.39 is 10.0 Å². The van der Waals surface area contributed by atoms with Gasteiger partial charge in [0.1, 0.15) is 0 Å². The second-order valence-electron chi connectivity index (χ2n) is 8.93. The molecule has 1 fully saturated rings. The minimum atomic E-state index is -3.97. The quantitative estimate of drug-likeness (QED) is 0.188. The Labute approximate surface area is 231 Å². The number of hydrazine groups is 1. The monoisotopic (exact) mass is 558 g/mol. The minimum absolute atomic E-state index is 0.0308. The molecule has 0 spiro atoms. The van der Waals surface area contributed by atoms with Crippen LogP contribution in [0.25, 0.3) is 11.3 Å². The van der Waals surface area contributed by atoms with E-state index in [1.165, 1.54) is 36.7 Å². The van der Waals surface area contributed by atoms with Gasteiger partial charge in [0.25, 0.3) is 15.9 Å². The maximum Gasteiger partial charge on any atom is 0.277 e. The van der Waals surface area contributed by atoms with Gasteiger partial charge in [-0.1, -0.05) is 12.1 Å². The highest BCUT2D eigenvalue weighted by molar-refractivity contribution is 7.92. The van der Waals surface area contributed by atoms with Crippen LogP contribution in [0.1, 0.15) is 10.4 Å². The van der Waals surface area contributed by atoms with E-state index in [0.29, 0.717) is 64.7 Å². The zero-order chi connectivity index (χ0) is 28.1. The topological polar surface area (TPSA) is 155 Å². The first-order valence-corrected chi connectivity index (χ1v) is 13.8. The molecule has 2 aromatic carbocycles. The van der Waals surface area contributed by atoms with Crippen molar-refractivity contribution in [2.75, 3.05) is 35.9 Å². The summed E-state index contributed by atoms with van der Waals surface area (Å²) in [6, 6.07) is 18.0. The molecule has 1 aliphatic heterocycles. The predicted molar refractivity (Wildman–Crippen MR) is 149 cm³/mol. The molecule has 1 aliphatic rings. The number of benzene rings is 2. The van der Waals surface area contributed by atoms with Crippen molar-refractivity contribution in [3.05, 3.63) is 90.9 Å². The molecule has 2 aromatic heterocycles. The Bertz CT molecular complexity index is 1590. The molecule has 0 saturated carbocycles. The largest absolute Gasteiger partial charge is 0.342 e. The lowest BCUT2D eigenvalue weighted by molar-refractivity contribution is -0.119. The van der Waals surface area contributed by atoms with Crippen molar-refractivity contribution >= 4 is 39.7 Å². The average molecular weight is 559 g/mol. The summed E-state index contributed by atoms with van der Waals surface area (Å²) in [5.74, 6) is 6.13. The van der Waals surface area contributed by atoms with Crippen molar-refractivity contribution in [2.45, 2.75) is 4.90 Å². The Morgan fingerprint density at radius 1 is 0.900 bits per heavy atom. The maximum absolute atomic E-state index is 12.9. The molecule has 0 unspecified atom stereocenters. The van der Waals surface area contributed by atoms with Crippen LogP contribution in [0.4, 0.5) is 17.3 Å². The number of piperazine rings is 1. The standard InChI is InChI=1S/C27H26N8O4S/c28-35(23-9-12-29-13-10-23)40(38,39)24-7-3-20(4-8-24)25-11-14-30-27(32-25)31-22-5-1-21(2-6-22)26(37)34-17-15-33(19-36)16-18-34/h1-14,19H,15-18,28H2,(H,30,31,32). The van der Waals surface area contributed by atoms with Crippen LogP contribution in [0.3, 0.4) is 0 Å². The molecule has 0 bridgehead atoms. The van der Waals surface area contributed by atoms with Gasteiger partial charge in [0.05, 0.1) is 16.3 Å². The van der Waals surface area contributed by atoms with Gasteiger partial charge in [0.15, 0.2) is 0 Å². The highest BCUT2D eigenvalue weighted by Crippen LogP contribution is 2.24. The normalized spacial score (nSPS) is 13.5. The van der Waals surface area contributed by atoms with Gasteiger partial charge >= 0.3 is 0 Å². The number of carbonyl (C=O) groups is 2. The average Bonchev–Trinajstić information content (AvgIpc) is 3.01. The number of aromatic nitrogens is 3. The third-order valence-corrected chi connectivity index (χ3v) is 8.01. The van der Waals surface area contributed by atoms with E-state index >= 15 is 0 Å². The number of amides is 2. The molecule has 1 saturated heterocycles. The van der Waals surface area contributed by atoms with Crippen molar-refractivity contribution in [3.63, 3.8) is 0 Å². The molecule has 40 heavy (non-hydrogen) atoms. The lowest BCUT2D eigenvalue weighted by Gasteiger charge is -2.32. The van der Waals surface area contributed by atoms with E-state index in [4.69, 9.17) is 5.84 Å². The summed E-state index contributed by atoms with van der Waals surface area (Å²) in [4.78, 5) is 39.8. The molecule has 0 radical (unpaired) electrons. The van der Waals surface area contributed by atoms with Gasteiger partial charge in [0.2, 0.25) is 12.4 Å². The molecule has 0 atom stereocenters. The zero-order valence-corrected chi connectivity index (χ0v) is 22.1. The first-order valence-electron chi connectivity index (χ1n) is 12.3. The molecule has 204 valence electrons. The number of pyridine rings is 1. The number of nitrogens with two attached hydrogens (primary N) is 1. The summed E-state index contributed by atoms with van der Waals surface area (Å²) in [6.07, 6.45) is 5.32. The number of hydrogen-bond acceptors (Lipinski definition) is 9. The molecule has 2 amide bonds. The Morgan fingerprint density at radius 3 is 2.23 bits per heavy atom. The summed E-state index contributed by atoms with van der Waals surface area (Å²) in [5, 5.41) is 3.13. The Balaban J connectivity index is 1.25. The van der Waals surface area contributed by atoms with Gasteiger partial charge < -0.3 is 15.1 Å². The van der Waals surface area contributed by atoms with Crippen LogP contribution in [0.15, 0.2) is 90.2 Å². The Morgan fingerprint density at radius 2 is 1.57 bits per heavy atom. The van der Waals surface area contributed by atoms with E-state index in [0.717, 1.165) is 6.41 Å². The summed E-state index contributed by atoms with van der Waals surface area (Å²) in [7, 11) is -3.97. The summed E-state index contributed by atoms with van der Waals surface area (Å²) >= 11 is 0. The third-order valence-electron chi connectivity index (χ3n) is 6.42.